The summed E-state index contributed by atoms with van der Waals surface area (Å²) >= 11 is 3.39. The Kier molecular flexibility index (Phi) is 3.77. The first-order valence-corrected chi connectivity index (χ1v) is 7.23. The molecular weight excluding hydrogens is 348 g/mol. The second kappa shape index (κ2) is 5.73. The molecule has 0 unspecified atom stereocenters. The molecular formula is C16H11BrN2O3. The topological polar surface area (TPSA) is 72.3 Å². The molecule has 3 aromatic rings. The van der Waals surface area contributed by atoms with Crippen LogP contribution < -0.4 is 4.74 Å². The van der Waals surface area contributed by atoms with Crippen LogP contribution in [0, 0.1) is 0 Å². The minimum Gasteiger partial charge on any atom is -0.494 e. The number of para-hydroxylation sites is 1. The van der Waals surface area contributed by atoms with Crippen molar-refractivity contribution in [3.8, 4) is 17.1 Å². The maximum absolute atomic E-state index is 11.5. The van der Waals surface area contributed by atoms with Gasteiger partial charge in [0.05, 0.1) is 7.11 Å². The van der Waals surface area contributed by atoms with E-state index in [2.05, 4.69) is 25.9 Å². The van der Waals surface area contributed by atoms with Gasteiger partial charge in [-0.1, -0.05) is 40.2 Å². The lowest BCUT2D eigenvalue weighted by Crippen LogP contribution is -2.05. The van der Waals surface area contributed by atoms with Gasteiger partial charge in [0.25, 0.3) is 0 Å². The largest absolute Gasteiger partial charge is 0.494 e. The molecule has 0 spiro atoms. The Hall–Kier alpha value is -2.47. The predicted octanol–water partition coefficient (Wildman–Crippen LogP) is 3.77. The van der Waals surface area contributed by atoms with Crippen molar-refractivity contribution < 1.29 is 14.6 Å². The number of aromatic nitrogens is 2. The molecule has 110 valence electrons. The fourth-order valence-corrected chi connectivity index (χ4v) is 2.61. The van der Waals surface area contributed by atoms with E-state index in [-0.39, 0.29) is 5.69 Å². The van der Waals surface area contributed by atoms with Crippen LogP contribution in [0.25, 0.3) is 22.3 Å². The molecule has 1 heterocycles. The van der Waals surface area contributed by atoms with Gasteiger partial charge in [0.15, 0.2) is 11.5 Å². The molecule has 0 aliphatic carbocycles. The van der Waals surface area contributed by atoms with Crippen molar-refractivity contribution in [2.45, 2.75) is 0 Å². The number of hydrogen-bond donors (Lipinski definition) is 1. The second-order valence-corrected chi connectivity index (χ2v) is 5.48. The Balaban J connectivity index is 2.35. The summed E-state index contributed by atoms with van der Waals surface area (Å²) in [4.78, 5) is 20.2. The summed E-state index contributed by atoms with van der Waals surface area (Å²) in [6, 6.07) is 12.5. The lowest BCUT2D eigenvalue weighted by Gasteiger charge is -2.09. The van der Waals surface area contributed by atoms with Crippen molar-refractivity contribution in [1.82, 2.24) is 9.97 Å². The van der Waals surface area contributed by atoms with Gasteiger partial charge < -0.3 is 9.84 Å². The molecule has 0 fully saturated rings. The zero-order chi connectivity index (χ0) is 15.7. The molecule has 0 aliphatic heterocycles. The van der Waals surface area contributed by atoms with Crippen LogP contribution in [0.5, 0.6) is 5.75 Å². The molecule has 1 N–H and O–H groups in total. The normalized spacial score (nSPS) is 10.6. The summed E-state index contributed by atoms with van der Waals surface area (Å²) in [6.45, 7) is 0. The predicted molar refractivity (Wildman–Crippen MR) is 86.2 cm³/mol. The van der Waals surface area contributed by atoms with Crippen LogP contribution in [0.3, 0.4) is 0 Å². The van der Waals surface area contributed by atoms with Gasteiger partial charge in [0.2, 0.25) is 0 Å². The van der Waals surface area contributed by atoms with Crippen molar-refractivity contribution >= 4 is 32.8 Å². The Bertz CT molecular complexity index is 880. The van der Waals surface area contributed by atoms with Crippen molar-refractivity contribution in [1.29, 1.82) is 0 Å². The standard InChI is InChI=1S/C16H11BrN2O3/c1-22-12-7-3-6-11-13(12)18-15(19-14(11)16(20)21)9-4-2-5-10(17)8-9/h2-8H,1H3,(H,20,21). The van der Waals surface area contributed by atoms with Crippen molar-refractivity contribution in [3.63, 3.8) is 0 Å². The number of carboxylic acid groups (broad SMARTS) is 1. The van der Waals surface area contributed by atoms with Gasteiger partial charge in [-0.3, -0.25) is 0 Å². The van der Waals surface area contributed by atoms with Crippen LogP contribution >= 0.6 is 15.9 Å². The first-order chi connectivity index (χ1) is 10.6. The number of methoxy groups -OCH3 is 1. The number of fused-ring (bicyclic) bond motifs is 1. The quantitative estimate of drug-likeness (QED) is 0.771. The summed E-state index contributed by atoms with van der Waals surface area (Å²) in [5, 5.41) is 9.88. The van der Waals surface area contributed by atoms with Gasteiger partial charge in [-0.25, -0.2) is 14.8 Å². The van der Waals surface area contributed by atoms with E-state index in [9.17, 15) is 9.90 Å². The van der Waals surface area contributed by atoms with Gasteiger partial charge in [0.1, 0.15) is 11.3 Å². The minimum atomic E-state index is -1.10. The third-order valence-electron chi connectivity index (χ3n) is 3.19. The minimum absolute atomic E-state index is 0.0427. The average molecular weight is 359 g/mol. The fraction of sp³-hybridized carbons (Fsp3) is 0.0625. The van der Waals surface area contributed by atoms with E-state index >= 15 is 0 Å². The zero-order valence-electron chi connectivity index (χ0n) is 11.6. The highest BCUT2D eigenvalue weighted by Crippen LogP contribution is 2.29. The van der Waals surface area contributed by atoms with Gasteiger partial charge in [-0.15, -0.1) is 0 Å². The Morgan fingerprint density at radius 3 is 2.64 bits per heavy atom. The van der Waals surface area contributed by atoms with E-state index in [1.165, 1.54) is 7.11 Å². The van der Waals surface area contributed by atoms with Crippen LogP contribution in [-0.4, -0.2) is 28.2 Å². The Morgan fingerprint density at radius 1 is 1.18 bits per heavy atom. The van der Waals surface area contributed by atoms with Crippen LogP contribution in [0.15, 0.2) is 46.9 Å². The van der Waals surface area contributed by atoms with Gasteiger partial charge in [0, 0.05) is 15.4 Å². The van der Waals surface area contributed by atoms with Crippen molar-refractivity contribution in [2.24, 2.45) is 0 Å². The molecule has 1 aromatic heterocycles. The molecule has 0 saturated carbocycles. The molecule has 0 aliphatic rings. The summed E-state index contributed by atoms with van der Waals surface area (Å²) in [5.74, 6) is -0.244. The van der Waals surface area contributed by atoms with Gasteiger partial charge >= 0.3 is 5.97 Å². The van der Waals surface area contributed by atoms with E-state index in [1.807, 2.05) is 24.3 Å². The van der Waals surface area contributed by atoms with Crippen molar-refractivity contribution in [3.05, 3.63) is 52.6 Å². The number of benzene rings is 2. The molecule has 5 nitrogen and oxygen atoms in total. The van der Waals surface area contributed by atoms with E-state index in [0.717, 1.165) is 10.0 Å². The van der Waals surface area contributed by atoms with Gasteiger partial charge in [-0.05, 0) is 18.2 Å². The van der Waals surface area contributed by atoms with Crippen molar-refractivity contribution in [2.75, 3.05) is 7.11 Å². The third kappa shape index (κ3) is 2.53. The Labute approximate surface area is 134 Å². The zero-order valence-corrected chi connectivity index (χ0v) is 13.2. The maximum atomic E-state index is 11.5. The third-order valence-corrected chi connectivity index (χ3v) is 3.69. The monoisotopic (exact) mass is 358 g/mol. The Morgan fingerprint density at radius 2 is 1.95 bits per heavy atom. The van der Waals surface area contributed by atoms with E-state index < -0.39 is 5.97 Å². The number of rotatable bonds is 3. The number of hydrogen-bond acceptors (Lipinski definition) is 4. The lowest BCUT2D eigenvalue weighted by atomic mass is 10.1. The lowest BCUT2D eigenvalue weighted by molar-refractivity contribution is 0.0693. The molecule has 0 saturated heterocycles. The molecule has 0 radical (unpaired) electrons. The fourth-order valence-electron chi connectivity index (χ4n) is 2.21. The number of nitrogens with zero attached hydrogens (tertiary/aromatic N) is 2. The maximum Gasteiger partial charge on any atom is 0.355 e. The average Bonchev–Trinajstić information content (AvgIpc) is 2.53. The van der Waals surface area contributed by atoms with E-state index in [4.69, 9.17) is 4.74 Å². The molecule has 0 bridgehead atoms. The first kappa shape index (κ1) is 14.5. The van der Waals surface area contributed by atoms with Crippen LogP contribution in [0.4, 0.5) is 0 Å². The number of carbonyl (C=O) groups is 1. The van der Waals surface area contributed by atoms with Crippen LogP contribution in [0.2, 0.25) is 0 Å². The van der Waals surface area contributed by atoms with E-state index in [1.54, 1.807) is 18.2 Å². The molecule has 22 heavy (non-hydrogen) atoms. The number of ether oxygens (including phenoxy) is 1. The second-order valence-electron chi connectivity index (χ2n) is 4.57. The number of carboxylic acids is 1. The molecule has 0 amide bonds. The number of halogens is 1. The highest BCUT2D eigenvalue weighted by molar-refractivity contribution is 9.10. The van der Waals surface area contributed by atoms with Crippen LogP contribution in [0.1, 0.15) is 10.5 Å². The summed E-state index contributed by atoms with van der Waals surface area (Å²) in [7, 11) is 1.52. The number of aromatic carboxylic acids is 1. The first-order valence-electron chi connectivity index (χ1n) is 6.44. The molecule has 0 atom stereocenters. The molecule has 2 aromatic carbocycles. The summed E-state index contributed by atoms with van der Waals surface area (Å²) in [6.07, 6.45) is 0. The highest BCUT2D eigenvalue weighted by atomic mass is 79.9. The summed E-state index contributed by atoms with van der Waals surface area (Å²) < 4.78 is 6.15. The van der Waals surface area contributed by atoms with E-state index in [0.29, 0.717) is 22.5 Å². The van der Waals surface area contributed by atoms with Crippen LogP contribution in [-0.2, 0) is 0 Å². The highest BCUT2D eigenvalue weighted by Gasteiger charge is 2.17. The van der Waals surface area contributed by atoms with Gasteiger partial charge in [-0.2, -0.15) is 0 Å². The summed E-state index contributed by atoms with van der Waals surface area (Å²) in [5.41, 5.74) is 1.16. The molecule has 3 rings (SSSR count). The molecule has 6 heteroatoms. The smallest absolute Gasteiger partial charge is 0.355 e. The SMILES string of the molecule is COc1cccc2c(C(=O)O)nc(-c3cccc(Br)c3)nc12.